The first-order valence-electron chi connectivity index (χ1n) is 11.5. The summed E-state index contributed by atoms with van der Waals surface area (Å²) in [7, 11) is 1.42. The number of ether oxygens (including phenoxy) is 2. The van der Waals surface area contributed by atoms with Gasteiger partial charge in [-0.15, -0.1) is 0 Å². The molecule has 0 saturated heterocycles. The summed E-state index contributed by atoms with van der Waals surface area (Å²) in [6.07, 6.45) is 6.56. The van der Waals surface area contributed by atoms with Crippen LogP contribution >= 0.6 is 0 Å². The zero-order chi connectivity index (χ0) is 22.1. The lowest BCUT2D eigenvalue weighted by molar-refractivity contribution is 0.0601. The molecule has 0 amide bonds. The normalized spacial score (nSPS) is 18.6. The molecule has 1 aromatic heterocycles. The van der Waals surface area contributed by atoms with Crippen molar-refractivity contribution in [2.75, 3.05) is 13.7 Å². The molecular formula is C27H28N2O3. The summed E-state index contributed by atoms with van der Waals surface area (Å²) in [4.78, 5) is 12.3. The summed E-state index contributed by atoms with van der Waals surface area (Å²) in [6, 6.07) is 16.5. The number of benzene rings is 2. The van der Waals surface area contributed by atoms with Crippen LogP contribution in [0.4, 0.5) is 0 Å². The lowest BCUT2D eigenvalue weighted by Gasteiger charge is -2.27. The van der Waals surface area contributed by atoms with Crippen molar-refractivity contribution in [1.82, 2.24) is 4.57 Å². The first-order chi connectivity index (χ1) is 15.7. The minimum Gasteiger partial charge on any atom is -0.492 e. The number of fused-ring (bicyclic) bond motifs is 5. The van der Waals surface area contributed by atoms with Gasteiger partial charge in [0.2, 0.25) is 0 Å². The van der Waals surface area contributed by atoms with E-state index in [4.69, 9.17) is 9.47 Å². The van der Waals surface area contributed by atoms with E-state index >= 15 is 0 Å². The number of nitrogens with zero attached hydrogens (tertiary/aromatic N) is 2. The first kappa shape index (κ1) is 20.6. The lowest BCUT2D eigenvalue weighted by Crippen LogP contribution is -2.21. The molecule has 5 nitrogen and oxygen atoms in total. The monoisotopic (exact) mass is 428 g/mol. The Kier molecular flexibility index (Phi) is 5.61. The van der Waals surface area contributed by atoms with Crippen LogP contribution < -0.4 is 4.74 Å². The molecule has 32 heavy (non-hydrogen) atoms. The van der Waals surface area contributed by atoms with Crippen LogP contribution in [-0.2, 0) is 11.3 Å². The molecule has 0 bridgehead atoms. The van der Waals surface area contributed by atoms with Crippen LogP contribution in [0.15, 0.2) is 42.5 Å². The van der Waals surface area contributed by atoms with Crippen molar-refractivity contribution in [1.29, 1.82) is 5.26 Å². The second kappa shape index (κ2) is 8.70. The van der Waals surface area contributed by atoms with Gasteiger partial charge in [0.15, 0.2) is 0 Å². The zero-order valence-corrected chi connectivity index (χ0v) is 18.5. The highest BCUT2D eigenvalue weighted by Gasteiger charge is 2.30. The second-order valence-corrected chi connectivity index (χ2v) is 8.97. The van der Waals surface area contributed by atoms with Gasteiger partial charge in [-0.05, 0) is 48.6 Å². The second-order valence-electron chi connectivity index (χ2n) is 8.97. The lowest BCUT2D eigenvalue weighted by atomic mass is 9.81. The van der Waals surface area contributed by atoms with Crippen molar-refractivity contribution in [2.45, 2.75) is 51.0 Å². The molecule has 5 rings (SSSR count). The average Bonchev–Trinajstić information content (AvgIpc) is 3.14. The van der Waals surface area contributed by atoms with Gasteiger partial charge in [0.05, 0.1) is 31.0 Å². The zero-order valence-electron chi connectivity index (χ0n) is 18.5. The van der Waals surface area contributed by atoms with Gasteiger partial charge >= 0.3 is 5.97 Å². The number of esters is 1. The summed E-state index contributed by atoms with van der Waals surface area (Å²) < 4.78 is 13.6. The highest BCUT2D eigenvalue weighted by atomic mass is 16.5. The Balaban J connectivity index is 1.82. The molecule has 1 atom stereocenters. The van der Waals surface area contributed by atoms with Crippen molar-refractivity contribution < 1.29 is 14.3 Å². The van der Waals surface area contributed by atoms with Crippen molar-refractivity contribution in [3.8, 4) is 23.1 Å². The van der Waals surface area contributed by atoms with Gasteiger partial charge in [-0.3, -0.25) is 0 Å². The Morgan fingerprint density at radius 3 is 2.78 bits per heavy atom. The van der Waals surface area contributed by atoms with Crippen molar-refractivity contribution in [3.05, 3.63) is 53.6 Å². The number of hydrogen-bond acceptors (Lipinski definition) is 4. The van der Waals surface area contributed by atoms with E-state index in [1.54, 1.807) is 0 Å². The van der Waals surface area contributed by atoms with E-state index in [1.165, 1.54) is 55.9 Å². The maximum atomic E-state index is 12.3. The van der Waals surface area contributed by atoms with Gasteiger partial charge in [-0.2, -0.15) is 5.26 Å². The Hall–Kier alpha value is -3.26. The fourth-order valence-electron chi connectivity index (χ4n) is 5.46. The Labute approximate surface area is 188 Å². The predicted molar refractivity (Wildman–Crippen MR) is 124 cm³/mol. The molecule has 0 spiro atoms. The summed E-state index contributed by atoms with van der Waals surface area (Å²) in [5, 5.41) is 10.6. The van der Waals surface area contributed by atoms with E-state index in [2.05, 4.69) is 28.8 Å². The van der Waals surface area contributed by atoms with Gasteiger partial charge in [0.1, 0.15) is 5.75 Å². The first-order valence-corrected chi connectivity index (χ1v) is 11.5. The summed E-state index contributed by atoms with van der Waals surface area (Å²) in [5.41, 5.74) is 5.25. The predicted octanol–water partition coefficient (Wildman–Crippen LogP) is 6.06. The number of nitriles is 1. The van der Waals surface area contributed by atoms with Crippen LogP contribution in [0.25, 0.3) is 22.2 Å². The van der Waals surface area contributed by atoms with E-state index in [0.717, 1.165) is 16.8 Å². The van der Waals surface area contributed by atoms with Crippen LogP contribution in [-0.4, -0.2) is 24.3 Å². The Morgan fingerprint density at radius 1 is 1.19 bits per heavy atom. The largest absolute Gasteiger partial charge is 0.492 e. The third kappa shape index (κ3) is 3.54. The van der Waals surface area contributed by atoms with E-state index < -0.39 is 0 Å². The van der Waals surface area contributed by atoms with Crippen LogP contribution in [0.2, 0.25) is 0 Å². The average molecular weight is 429 g/mol. The quantitative estimate of drug-likeness (QED) is 0.475. The molecule has 0 N–H and O–H groups in total. The fourth-order valence-corrected chi connectivity index (χ4v) is 5.46. The van der Waals surface area contributed by atoms with Gasteiger partial charge in [-0.1, -0.05) is 37.5 Å². The van der Waals surface area contributed by atoms with E-state index in [9.17, 15) is 10.1 Å². The topological polar surface area (TPSA) is 64.2 Å². The number of carbonyl (C=O) groups is 1. The van der Waals surface area contributed by atoms with Crippen molar-refractivity contribution >= 4 is 16.9 Å². The molecule has 3 aromatic rings. The minimum atomic E-state index is -0.329. The maximum absolute atomic E-state index is 12.3. The highest BCUT2D eigenvalue weighted by molar-refractivity contribution is 5.99. The molecule has 1 aliphatic carbocycles. The molecule has 1 saturated carbocycles. The smallest absolute Gasteiger partial charge is 0.337 e. The molecule has 2 heterocycles. The SMILES string of the molecule is COC(=O)c1ccc2c(C3CCCCC3)c3n(c2c1)C[C@@H](CC#N)COc1ccccc1-3. The number of para-hydroxylation sites is 1. The van der Waals surface area contributed by atoms with E-state index in [0.29, 0.717) is 31.1 Å². The molecule has 1 aliphatic heterocycles. The summed E-state index contributed by atoms with van der Waals surface area (Å²) in [5.74, 6) is 1.09. The van der Waals surface area contributed by atoms with Gasteiger partial charge in [-0.25, -0.2) is 4.79 Å². The van der Waals surface area contributed by atoms with Crippen molar-refractivity contribution in [2.24, 2.45) is 5.92 Å². The van der Waals surface area contributed by atoms with E-state index in [1.807, 2.05) is 24.3 Å². The Bertz CT molecular complexity index is 1200. The summed E-state index contributed by atoms with van der Waals surface area (Å²) >= 11 is 0. The number of methoxy groups -OCH3 is 1. The molecule has 1 fully saturated rings. The highest BCUT2D eigenvalue weighted by Crippen LogP contribution is 2.47. The Morgan fingerprint density at radius 2 is 2.00 bits per heavy atom. The molecular weight excluding hydrogens is 400 g/mol. The minimum absolute atomic E-state index is 0.0729. The summed E-state index contributed by atoms with van der Waals surface area (Å²) in [6.45, 7) is 1.18. The number of aromatic nitrogens is 1. The number of hydrogen-bond donors (Lipinski definition) is 0. The van der Waals surface area contributed by atoms with Gasteiger partial charge in [0, 0.05) is 35.3 Å². The van der Waals surface area contributed by atoms with Crippen molar-refractivity contribution in [3.63, 3.8) is 0 Å². The number of carbonyl (C=O) groups excluding carboxylic acids is 1. The molecule has 5 heteroatoms. The van der Waals surface area contributed by atoms with Crippen LogP contribution in [0.3, 0.4) is 0 Å². The van der Waals surface area contributed by atoms with Gasteiger partial charge < -0.3 is 14.0 Å². The van der Waals surface area contributed by atoms with Crippen LogP contribution in [0, 0.1) is 17.2 Å². The van der Waals surface area contributed by atoms with Gasteiger partial charge in [0.25, 0.3) is 0 Å². The van der Waals surface area contributed by atoms with Crippen LogP contribution in [0.5, 0.6) is 5.75 Å². The van der Waals surface area contributed by atoms with Crippen LogP contribution in [0.1, 0.15) is 60.4 Å². The molecule has 2 aromatic carbocycles. The third-order valence-electron chi connectivity index (χ3n) is 6.98. The molecule has 0 unspecified atom stereocenters. The third-order valence-corrected chi connectivity index (χ3v) is 6.98. The molecule has 0 radical (unpaired) electrons. The van der Waals surface area contributed by atoms with E-state index in [-0.39, 0.29) is 11.9 Å². The molecule has 164 valence electrons. The standard InChI is InChI=1S/C27H28N2O3/c1-31-27(30)20-11-12-21-23(15-20)29-16-18(13-14-28)17-32-24-10-6-5-9-22(24)26(29)25(21)19-7-3-2-4-8-19/h5-6,9-12,15,18-19H,2-4,7-8,13,16-17H2,1H3/t18-/m1/s1. The maximum Gasteiger partial charge on any atom is 0.337 e. The fraction of sp³-hybridized carbons (Fsp3) is 0.407. The number of rotatable bonds is 3. The molecule has 2 aliphatic rings.